The van der Waals surface area contributed by atoms with E-state index in [9.17, 15) is 0 Å². The summed E-state index contributed by atoms with van der Waals surface area (Å²) in [4.78, 5) is 4.62. The van der Waals surface area contributed by atoms with Crippen molar-refractivity contribution < 1.29 is 4.43 Å². The minimum absolute atomic E-state index is 0.280. The first-order valence-corrected chi connectivity index (χ1v) is 10.1. The zero-order valence-corrected chi connectivity index (χ0v) is 13.9. The Bertz CT molecular complexity index is 411. The molecule has 0 bridgehead atoms. The van der Waals surface area contributed by atoms with Crippen molar-refractivity contribution in [3.05, 3.63) is 11.9 Å². The molecule has 4 nitrogen and oxygen atoms in total. The van der Waals surface area contributed by atoms with Crippen molar-refractivity contribution in [2.45, 2.75) is 58.3 Å². The number of fused-ring (bicyclic) bond motifs is 1. The molecule has 0 aliphatic carbocycles. The maximum Gasteiger partial charge on any atom is 0.203 e. The van der Waals surface area contributed by atoms with Gasteiger partial charge in [-0.2, -0.15) is 0 Å². The molecule has 0 fully saturated rings. The normalized spacial score (nSPS) is 16.1. The predicted octanol–water partition coefficient (Wildman–Crippen LogP) is 3.26. The molecule has 5 heteroatoms. The fourth-order valence-corrected chi connectivity index (χ4v) is 3.02. The number of anilines is 1. The number of nitrogens with one attached hydrogen (secondary N) is 1. The van der Waals surface area contributed by atoms with Gasteiger partial charge in [0.2, 0.25) is 5.95 Å². The van der Waals surface area contributed by atoms with E-state index in [1.165, 1.54) is 6.42 Å². The van der Waals surface area contributed by atoms with Crippen LogP contribution in [0.3, 0.4) is 0 Å². The van der Waals surface area contributed by atoms with Crippen LogP contribution < -0.4 is 5.32 Å². The highest BCUT2D eigenvalue weighted by molar-refractivity contribution is 6.74. The lowest BCUT2D eigenvalue weighted by molar-refractivity contribution is 0.291. The summed E-state index contributed by atoms with van der Waals surface area (Å²) in [7, 11) is -1.62. The number of rotatable bonds is 4. The van der Waals surface area contributed by atoms with Gasteiger partial charge in [0.15, 0.2) is 8.32 Å². The smallest absolute Gasteiger partial charge is 0.203 e. The molecule has 2 heterocycles. The number of nitrogens with zero attached hydrogens (tertiary/aromatic N) is 2. The van der Waals surface area contributed by atoms with Crippen LogP contribution >= 0.6 is 0 Å². The Labute approximate surface area is 117 Å². The molecule has 0 spiro atoms. The third kappa shape index (κ3) is 3.39. The van der Waals surface area contributed by atoms with Gasteiger partial charge in [-0.1, -0.05) is 20.8 Å². The van der Waals surface area contributed by atoms with Crippen LogP contribution in [0.4, 0.5) is 5.95 Å². The van der Waals surface area contributed by atoms with Gasteiger partial charge in [0.1, 0.15) is 0 Å². The molecule has 1 aliphatic heterocycles. The molecule has 1 aromatic rings. The second-order valence-corrected chi connectivity index (χ2v) is 11.7. The highest BCUT2D eigenvalue weighted by atomic mass is 28.4. The van der Waals surface area contributed by atoms with Crippen LogP contribution in [-0.4, -0.2) is 31.0 Å². The fourth-order valence-electron chi connectivity index (χ4n) is 1.98. The molecule has 0 saturated heterocycles. The Morgan fingerprint density at radius 1 is 1.42 bits per heavy atom. The topological polar surface area (TPSA) is 39.1 Å². The standard InChI is InChI=1S/C14H27N3OSi/c1-14(2,3)19(4,5)18-10-7-12-11-17-9-6-8-15-13(17)16-12/h11H,6-10H2,1-5H3,(H,15,16). The highest BCUT2D eigenvalue weighted by Gasteiger charge is 2.36. The van der Waals surface area contributed by atoms with Crippen LogP contribution in [0.15, 0.2) is 6.20 Å². The number of aryl methyl sites for hydroxylation is 1. The first kappa shape index (κ1) is 14.6. The zero-order valence-electron chi connectivity index (χ0n) is 12.9. The second kappa shape index (κ2) is 5.29. The summed E-state index contributed by atoms with van der Waals surface area (Å²) in [5.74, 6) is 1.02. The van der Waals surface area contributed by atoms with E-state index >= 15 is 0 Å². The Kier molecular flexibility index (Phi) is 4.06. The van der Waals surface area contributed by atoms with Gasteiger partial charge in [0, 0.05) is 32.3 Å². The minimum atomic E-state index is -1.62. The Balaban J connectivity index is 1.88. The number of imidazole rings is 1. The van der Waals surface area contributed by atoms with E-state index in [1.54, 1.807) is 0 Å². The molecule has 0 aromatic carbocycles. The number of aromatic nitrogens is 2. The van der Waals surface area contributed by atoms with Gasteiger partial charge in [-0.05, 0) is 24.6 Å². The van der Waals surface area contributed by atoms with E-state index in [-0.39, 0.29) is 5.04 Å². The number of hydrogen-bond donors (Lipinski definition) is 1. The van der Waals surface area contributed by atoms with Crippen molar-refractivity contribution in [1.82, 2.24) is 9.55 Å². The molecule has 0 radical (unpaired) electrons. The van der Waals surface area contributed by atoms with Crippen molar-refractivity contribution in [2.75, 3.05) is 18.5 Å². The molecule has 1 aliphatic rings. The van der Waals surface area contributed by atoms with Crippen LogP contribution in [0, 0.1) is 0 Å². The van der Waals surface area contributed by atoms with Crippen molar-refractivity contribution in [3.8, 4) is 0 Å². The molecule has 1 N–H and O–H groups in total. The SMILES string of the molecule is CC(C)(C)[Si](C)(C)OCCc1cn2c(n1)NCCC2. The Hall–Kier alpha value is -0.813. The van der Waals surface area contributed by atoms with Gasteiger partial charge >= 0.3 is 0 Å². The van der Waals surface area contributed by atoms with E-state index in [0.717, 1.165) is 37.8 Å². The molecule has 0 amide bonds. The molecular formula is C14H27N3OSi. The third-order valence-electron chi connectivity index (χ3n) is 4.31. The van der Waals surface area contributed by atoms with Gasteiger partial charge in [0.05, 0.1) is 5.69 Å². The Morgan fingerprint density at radius 2 is 2.16 bits per heavy atom. The van der Waals surface area contributed by atoms with E-state index in [1.807, 2.05) is 0 Å². The van der Waals surface area contributed by atoms with Gasteiger partial charge in [-0.15, -0.1) is 0 Å². The highest BCUT2D eigenvalue weighted by Crippen LogP contribution is 2.36. The van der Waals surface area contributed by atoms with Crippen LogP contribution in [0.25, 0.3) is 0 Å². The van der Waals surface area contributed by atoms with Crippen LogP contribution in [-0.2, 0) is 17.4 Å². The lowest BCUT2D eigenvalue weighted by Crippen LogP contribution is -2.41. The van der Waals surface area contributed by atoms with Gasteiger partial charge in [-0.25, -0.2) is 4.98 Å². The van der Waals surface area contributed by atoms with Gasteiger partial charge < -0.3 is 14.3 Å². The average Bonchev–Trinajstić information content (AvgIpc) is 2.69. The van der Waals surface area contributed by atoms with E-state index in [0.29, 0.717) is 0 Å². The summed E-state index contributed by atoms with van der Waals surface area (Å²) in [6.45, 7) is 14.3. The molecule has 2 rings (SSSR count). The number of hydrogen-bond acceptors (Lipinski definition) is 3. The lowest BCUT2D eigenvalue weighted by atomic mass is 10.2. The monoisotopic (exact) mass is 281 g/mol. The quantitative estimate of drug-likeness (QED) is 0.861. The van der Waals surface area contributed by atoms with Crippen molar-refractivity contribution in [2.24, 2.45) is 0 Å². The van der Waals surface area contributed by atoms with Crippen LogP contribution in [0.5, 0.6) is 0 Å². The van der Waals surface area contributed by atoms with Crippen molar-refractivity contribution >= 4 is 14.3 Å². The minimum Gasteiger partial charge on any atom is -0.416 e. The summed E-state index contributed by atoms with van der Waals surface area (Å²) in [5, 5.41) is 3.61. The van der Waals surface area contributed by atoms with Crippen LogP contribution in [0.1, 0.15) is 32.9 Å². The summed E-state index contributed by atoms with van der Waals surface area (Å²) < 4.78 is 8.41. The molecular weight excluding hydrogens is 254 g/mol. The summed E-state index contributed by atoms with van der Waals surface area (Å²) >= 11 is 0. The van der Waals surface area contributed by atoms with Crippen LogP contribution in [0.2, 0.25) is 18.1 Å². The first-order valence-electron chi connectivity index (χ1n) is 7.23. The summed E-state index contributed by atoms with van der Waals surface area (Å²) in [6, 6.07) is 0. The zero-order chi connectivity index (χ0) is 14.1. The average molecular weight is 281 g/mol. The van der Waals surface area contributed by atoms with Gasteiger partial charge in [0.25, 0.3) is 0 Å². The first-order chi connectivity index (χ1) is 8.79. The molecule has 19 heavy (non-hydrogen) atoms. The molecule has 108 valence electrons. The summed E-state index contributed by atoms with van der Waals surface area (Å²) in [5.41, 5.74) is 1.14. The van der Waals surface area contributed by atoms with Crippen molar-refractivity contribution in [3.63, 3.8) is 0 Å². The summed E-state index contributed by atoms with van der Waals surface area (Å²) in [6.07, 6.45) is 4.26. The van der Waals surface area contributed by atoms with Crippen molar-refractivity contribution in [1.29, 1.82) is 0 Å². The van der Waals surface area contributed by atoms with E-state index in [4.69, 9.17) is 4.43 Å². The molecule has 1 aromatic heterocycles. The molecule has 0 unspecified atom stereocenters. The third-order valence-corrected chi connectivity index (χ3v) is 8.85. The lowest BCUT2D eigenvalue weighted by Gasteiger charge is -2.36. The van der Waals surface area contributed by atoms with Gasteiger partial charge in [-0.3, -0.25) is 0 Å². The maximum absolute atomic E-state index is 6.20. The second-order valence-electron chi connectivity index (χ2n) is 6.89. The fraction of sp³-hybridized carbons (Fsp3) is 0.786. The Morgan fingerprint density at radius 3 is 2.79 bits per heavy atom. The van der Waals surface area contributed by atoms with E-state index < -0.39 is 8.32 Å². The predicted molar refractivity (Wildman–Crippen MR) is 82.2 cm³/mol. The molecule has 0 atom stereocenters. The molecule has 0 saturated carbocycles. The maximum atomic E-state index is 6.20. The largest absolute Gasteiger partial charge is 0.416 e. The van der Waals surface area contributed by atoms with E-state index in [2.05, 4.69) is 54.9 Å².